The normalized spacial score (nSPS) is 9.43. The van der Waals surface area contributed by atoms with E-state index in [0.29, 0.717) is 22.3 Å². The van der Waals surface area contributed by atoms with Gasteiger partial charge in [0.2, 0.25) is 0 Å². The predicted molar refractivity (Wildman–Crippen MR) is 95.8 cm³/mol. The maximum Gasteiger partial charge on any atom is 0.158 e. The lowest BCUT2D eigenvalue weighted by Gasteiger charge is -2.04. The van der Waals surface area contributed by atoms with E-state index in [-0.39, 0.29) is 55.4 Å². The number of amidine groups is 1. The van der Waals surface area contributed by atoms with Crippen molar-refractivity contribution in [3.05, 3.63) is 59.7 Å². The zero-order chi connectivity index (χ0) is 14.1. The van der Waals surface area contributed by atoms with Crippen molar-refractivity contribution in [2.45, 2.75) is 6.54 Å². The number of rotatable bonds is 3. The summed E-state index contributed by atoms with van der Waals surface area (Å²) in [5.74, 6) is -0.424. The predicted octanol–water partition coefficient (Wildman–Crippen LogP) is 3.17. The molecule has 3 rings (SSSR count). The minimum atomic E-state index is -0.295. The fourth-order valence-electron chi connectivity index (χ4n) is 2.11. The van der Waals surface area contributed by atoms with E-state index in [1.807, 2.05) is 0 Å². The maximum absolute atomic E-state index is 13.7. The molecule has 23 heavy (non-hydrogen) atoms. The van der Waals surface area contributed by atoms with Gasteiger partial charge in [-0.15, -0.1) is 37.2 Å². The van der Waals surface area contributed by atoms with Gasteiger partial charge in [-0.1, -0.05) is 18.2 Å². The Morgan fingerprint density at radius 2 is 1.83 bits per heavy atom. The first-order valence-corrected chi connectivity index (χ1v) is 6.06. The van der Waals surface area contributed by atoms with E-state index in [1.54, 1.807) is 41.2 Å². The lowest BCUT2D eigenvalue weighted by molar-refractivity contribution is 0.589. The number of nitrogens with one attached hydrogen (secondary N) is 1. The summed E-state index contributed by atoms with van der Waals surface area (Å²) in [4.78, 5) is 4.24. The minimum absolute atomic E-state index is 0. The van der Waals surface area contributed by atoms with Crippen LogP contribution < -0.4 is 5.73 Å². The molecule has 0 aliphatic carbocycles. The molecule has 124 valence electrons. The Hall–Kier alpha value is -1.89. The molecule has 0 fully saturated rings. The molecule has 9 heteroatoms. The Morgan fingerprint density at radius 3 is 2.48 bits per heavy atom. The number of pyridine rings is 1. The lowest BCUT2D eigenvalue weighted by atomic mass is 10.2. The van der Waals surface area contributed by atoms with Crippen LogP contribution in [0.15, 0.2) is 42.6 Å². The summed E-state index contributed by atoms with van der Waals surface area (Å²) in [6, 6.07) is 10.1. The van der Waals surface area contributed by atoms with Gasteiger partial charge in [0.25, 0.3) is 0 Å². The summed E-state index contributed by atoms with van der Waals surface area (Å²) in [6.07, 6.45) is 1.63. The van der Waals surface area contributed by atoms with E-state index in [2.05, 4.69) is 10.1 Å². The average molecular weight is 379 g/mol. The zero-order valence-electron chi connectivity index (χ0n) is 11.8. The van der Waals surface area contributed by atoms with Crippen LogP contribution >= 0.6 is 37.2 Å². The number of hydrogen-bond donors (Lipinski definition) is 2. The molecule has 1 aromatic carbocycles. The second-order valence-electron chi connectivity index (χ2n) is 4.39. The highest BCUT2D eigenvalue weighted by atomic mass is 35.5. The van der Waals surface area contributed by atoms with Crippen molar-refractivity contribution in [1.82, 2.24) is 14.8 Å². The van der Waals surface area contributed by atoms with Gasteiger partial charge >= 0.3 is 0 Å². The van der Waals surface area contributed by atoms with Crippen molar-refractivity contribution in [1.29, 1.82) is 5.41 Å². The largest absolute Gasteiger partial charge is 0.382 e. The molecular formula is C14H15Cl3FN5. The van der Waals surface area contributed by atoms with Crippen molar-refractivity contribution in [2.75, 3.05) is 0 Å². The van der Waals surface area contributed by atoms with Crippen molar-refractivity contribution in [3.8, 4) is 0 Å². The average Bonchev–Trinajstić information content (AvgIpc) is 2.81. The van der Waals surface area contributed by atoms with Crippen LogP contribution in [0.4, 0.5) is 4.39 Å². The Kier molecular flexibility index (Phi) is 7.95. The molecule has 0 aliphatic heterocycles. The highest BCUT2D eigenvalue weighted by Gasteiger charge is 2.14. The molecule has 0 saturated heterocycles. The molecule has 0 bridgehead atoms. The standard InChI is InChI=1S/C14H12FN5.3ClH/c15-11-6-2-1-4-9(11)8-20-14-10(5-3-7-18-14)12(19-20)13(16)17;;;/h1-7H,8H2,(H3,16,17);3*1H. The zero-order valence-corrected chi connectivity index (χ0v) is 14.2. The van der Waals surface area contributed by atoms with Gasteiger partial charge in [0.1, 0.15) is 17.3 Å². The van der Waals surface area contributed by atoms with Crippen molar-refractivity contribution < 1.29 is 4.39 Å². The molecule has 3 aromatic rings. The Balaban J connectivity index is 0.00000161. The monoisotopic (exact) mass is 377 g/mol. The second kappa shape index (κ2) is 8.67. The van der Waals surface area contributed by atoms with Crippen LogP contribution in [0.3, 0.4) is 0 Å². The SMILES string of the molecule is Cl.Cl.Cl.N=C(N)c1nn(Cc2ccccc2F)c2ncccc12. The summed E-state index contributed by atoms with van der Waals surface area (Å²) in [6.45, 7) is 0.244. The number of halogens is 4. The molecule has 3 N–H and O–H groups in total. The quantitative estimate of drug-likeness (QED) is 0.542. The van der Waals surface area contributed by atoms with Gasteiger partial charge in [-0.05, 0) is 18.2 Å². The first-order chi connectivity index (χ1) is 9.66. The number of aromatic nitrogens is 3. The molecule has 5 nitrogen and oxygen atoms in total. The molecule has 0 amide bonds. The van der Waals surface area contributed by atoms with Gasteiger partial charge in [-0.2, -0.15) is 5.10 Å². The highest BCUT2D eigenvalue weighted by Crippen LogP contribution is 2.18. The van der Waals surface area contributed by atoms with Crippen LogP contribution in [-0.2, 0) is 6.54 Å². The van der Waals surface area contributed by atoms with Gasteiger partial charge in [0, 0.05) is 11.8 Å². The molecule has 0 saturated carbocycles. The number of nitrogens with two attached hydrogens (primary N) is 1. The van der Waals surface area contributed by atoms with E-state index >= 15 is 0 Å². The number of hydrogen-bond acceptors (Lipinski definition) is 3. The van der Waals surface area contributed by atoms with E-state index in [4.69, 9.17) is 11.1 Å². The van der Waals surface area contributed by atoms with Gasteiger partial charge in [-0.3, -0.25) is 5.41 Å². The highest BCUT2D eigenvalue weighted by molar-refractivity contribution is 6.04. The summed E-state index contributed by atoms with van der Waals surface area (Å²) < 4.78 is 15.3. The van der Waals surface area contributed by atoms with Gasteiger partial charge < -0.3 is 5.73 Å². The minimum Gasteiger partial charge on any atom is -0.382 e. The van der Waals surface area contributed by atoms with Crippen LogP contribution in [0.1, 0.15) is 11.3 Å². The second-order valence-corrected chi connectivity index (χ2v) is 4.39. The molecular weight excluding hydrogens is 364 g/mol. The third-order valence-electron chi connectivity index (χ3n) is 3.04. The maximum atomic E-state index is 13.7. The van der Waals surface area contributed by atoms with E-state index in [9.17, 15) is 4.39 Å². The van der Waals surface area contributed by atoms with Crippen molar-refractivity contribution >= 4 is 54.1 Å². The van der Waals surface area contributed by atoms with Crippen molar-refractivity contribution in [2.24, 2.45) is 5.73 Å². The molecule has 0 atom stereocenters. The molecule has 2 heterocycles. The molecule has 2 aromatic heterocycles. The Morgan fingerprint density at radius 1 is 1.13 bits per heavy atom. The van der Waals surface area contributed by atoms with Crippen LogP contribution in [0.25, 0.3) is 11.0 Å². The third-order valence-corrected chi connectivity index (χ3v) is 3.04. The van der Waals surface area contributed by atoms with Crippen LogP contribution in [0, 0.1) is 11.2 Å². The summed E-state index contributed by atoms with van der Waals surface area (Å²) >= 11 is 0. The molecule has 0 radical (unpaired) electrons. The fourth-order valence-corrected chi connectivity index (χ4v) is 2.11. The number of fused-ring (bicyclic) bond motifs is 1. The van der Waals surface area contributed by atoms with Crippen LogP contribution in [0.2, 0.25) is 0 Å². The Bertz CT molecular complexity index is 806. The van der Waals surface area contributed by atoms with Gasteiger partial charge in [0.15, 0.2) is 5.65 Å². The van der Waals surface area contributed by atoms with Crippen LogP contribution in [0.5, 0.6) is 0 Å². The Labute approximate surface area is 150 Å². The van der Waals surface area contributed by atoms with E-state index in [1.165, 1.54) is 6.07 Å². The van der Waals surface area contributed by atoms with E-state index < -0.39 is 0 Å². The van der Waals surface area contributed by atoms with Gasteiger partial charge in [-0.25, -0.2) is 14.1 Å². The molecule has 0 aliphatic rings. The summed E-state index contributed by atoms with van der Waals surface area (Å²) in [7, 11) is 0. The number of benzene rings is 1. The topological polar surface area (TPSA) is 80.6 Å². The van der Waals surface area contributed by atoms with Crippen LogP contribution in [-0.4, -0.2) is 20.6 Å². The van der Waals surface area contributed by atoms with E-state index in [0.717, 1.165) is 0 Å². The van der Waals surface area contributed by atoms with Gasteiger partial charge in [0.05, 0.1) is 11.9 Å². The summed E-state index contributed by atoms with van der Waals surface area (Å²) in [5.41, 5.74) is 6.98. The lowest BCUT2D eigenvalue weighted by Crippen LogP contribution is -2.13. The third kappa shape index (κ3) is 4.10. The van der Waals surface area contributed by atoms with Crippen molar-refractivity contribution in [3.63, 3.8) is 0 Å². The summed E-state index contributed by atoms with van der Waals surface area (Å²) in [5, 5.41) is 12.5. The number of nitrogen functional groups attached to an aromatic ring is 1. The first kappa shape index (κ1) is 21.1. The smallest absolute Gasteiger partial charge is 0.158 e. The number of nitrogens with zero attached hydrogens (tertiary/aromatic N) is 3. The molecule has 0 unspecified atom stereocenters. The first-order valence-electron chi connectivity index (χ1n) is 6.06. The fraction of sp³-hybridized carbons (Fsp3) is 0.0714. The molecule has 0 spiro atoms.